The third kappa shape index (κ3) is 2.04. The van der Waals surface area contributed by atoms with Crippen molar-refractivity contribution in [2.24, 2.45) is 7.05 Å². The van der Waals surface area contributed by atoms with Crippen molar-refractivity contribution in [3.8, 4) is 5.75 Å². The predicted octanol–water partition coefficient (Wildman–Crippen LogP) is 2.66. The van der Waals surface area contributed by atoms with Crippen LogP contribution in [-0.2, 0) is 7.05 Å². The second-order valence-electron chi connectivity index (χ2n) is 4.72. The number of nitrogens with zero attached hydrogens (tertiary/aromatic N) is 2. The molecule has 0 saturated heterocycles. The summed E-state index contributed by atoms with van der Waals surface area (Å²) in [5.41, 5.74) is 3.50. The van der Waals surface area contributed by atoms with Crippen LogP contribution in [0.15, 0.2) is 48.7 Å². The molecule has 20 heavy (non-hydrogen) atoms. The Labute approximate surface area is 117 Å². The lowest BCUT2D eigenvalue weighted by Crippen LogP contribution is -2.05. The maximum Gasteiger partial charge on any atom is 0.119 e. The molecule has 1 atom stereocenters. The van der Waals surface area contributed by atoms with E-state index in [1.165, 1.54) is 0 Å². The molecule has 3 aromatic rings. The average Bonchev–Trinajstić information content (AvgIpc) is 2.84. The lowest BCUT2D eigenvalue weighted by Gasteiger charge is -2.13. The first-order valence-corrected chi connectivity index (χ1v) is 6.43. The Hall–Kier alpha value is -2.33. The second kappa shape index (κ2) is 4.98. The minimum atomic E-state index is -0.704. The van der Waals surface area contributed by atoms with E-state index in [2.05, 4.69) is 4.98 Å². The zero-order chi connectivity index (χ0) is 14.1. The number of benzene rings is 1. The smallest absolute Gasteiger partial charge is 0.119 e. The van der Waals surface area contributed by atoms with E-state index in [1.54, 1.807) is 13.3 Å². The summed E-state index contributed by atoms with van der Waals surface area (Å²) in [7, 11) is 3.55. The van der Waals surface area contributed by atoms with Crippen molar-refractivity contribution in [1.82, 2.24) is 9.55 Å². The first kappa shape index (κ1) is 12.7. The van der Waals surface area contributed by atoms with E-state index >= 15 is 0 Å². The molecule has 0 fully saturated rings. The van der Waals surface area contributed by atoms with Crippen molar-refractivity contribution >= 4 is 11.0 Å². The molecule has 4 nitrogen and oxygen atoms in total. The van der Waals surface area contributed by atoms with E-state index in [0.29, 0.717) is 0 Å². The van der Waals surface area contributed by atoms with Gasteiger partial charge < -0.3 is 14.4 Å². The number of hydrogen-bond donors (Lipinski definition) is 1. The van der Waals surface area contributed by atoms with Gasteiger partial charge in [0.1, 0.15) is 11.9 Å². The Kier molecular flexibility index (Phi) is 3.16. The summed E-state index contributed by atoms with van der Waals surface area (Å²) in [6.45, 7) is 0. The molecule has 0 radical (unpaired) electrons. The van der Waals surface area contributed by atoms with Gasteiger partial charge in [-0.25, -0.2) is 0 Å². The number of aromatic nitrogens is 2. The van der Waals surface area contributed by atoms with Gasteiger partial charge in [-0.1, -0.05) is 12.1 Å². The largest absolute Gasteiger partial charge is 0.497 e. The summed E-state index contributed by atoms with van der Waals surface area (Å²) in [4.78, 5) is 4.32. The molecule has 1 aromatic carbocycles. The molecular formula is C16H16N2O2. The maximum atomic E-state index is 10.6. The first-order valence-electron chi connectivity index (χ1n) is 6.43. The van der Waals surface area contributed by atoms with Gasteiger partial charge >= 0.3 is 0 Å². The number of pyridine rings is 1. The van der Waals surface area contributed by atoms with Gasteiger partial charge in [0.25, 0.3) is 0 Å². The van der Waals surface area contributed by atoms with Gasteiger partial charge in [-0.15, -0.1) is 0 Å². The highest BCUT2D eigenvalue weighted by molar-refractivity contribution is 5.77. The van der Waals surface area contributed by atoms with Gasteiger partial charge in [0.15, 0.2) is 0 Å². The molecule has 102 valence electrons. The molecule has 4 heteroatoms. The van der Waals surface area contributed by atoms with E-state index < -0.39 is 6.10 Å². The van der Waals surface area contributed by atoms with Gasteiger partial charge in [0.05, 0.1) is 23.8 Å². The van der Waals surface area contributed by atoms with Crippen LogP contribution in [-0.4, -0.2) is 21.8 Å². The fraction of sp³-hybridized carbons (Fsp3) is 0.188. The van der Waals surface area contributed by atoms with Crippen LogP contribution in [0.4, 0.5) is 0 Å². The Morgan fingerprint density at radius 1 is 1.20 bits per heavy atom. The fourth-order valence-electron chi connectivity index (χ4n) is 2.42. The predicted molar refractivity (Wildman–Crippen MR) is 77.8 cm³/mol. The third-order valence-corrected chi connectivity index (χ3v) is 3.54. The van der Waals surface area contributed by atoms with E-state index in [9.17, 15) is 5.11 Å². The van der Waals surface area contributed by atoms with Crippen molar-refractivity contribution in [2.75, 3.05) is 7.11 Å². The number of hydrogen-bond acceptors (Lipinski definition) is 3. The summed E-state index contributed by atoms with van der Waals surface area (Å²) < 4.78 is 7.16. The minimum Gasteiger partial charge on any atom is -0.497 e. The molecule has 0 aliphatic rings. The van der Waals surface area contributed by atoms with Crippen LogP contribution < -0.4 is 4.74 Å². The zero-order valence-corrected chi connectivity index (χ0v) is 11.4. The summed E-state index contributed by atoms with van der Waals surface area (Å²) >= 11 is 0. The van der Waals surface area contributed by atoms with Crippen LogP contribution in [0.3, 0.4) is 0 Å². The molecule has 1 unspecified atom stereocenters. The fourth-order valence-corrected chi connectivity index (χ4v) is 2.42. The number of rotatable bonds is 3. The standard InChI is InChI=1S/C16H16N2O2/c1-18-14-7-4-8-17-13(14)10-15(18)16(19)11-5-3-6-12(9-11)20-2/h3-10,16,19H,1-2H3. The molecule has 0 amide bonds. The van der Waals surface area contributed by atoms with Crippen molar-refractivity contribution in [3.63, 3.8) is 0 Å². The monoisotopic (exact) mass is 268 g/mol. The topological polar surface area (TPSA) is 47.3 Å². The van der Waals surface area contributed by atoms with Gasteiger partial charge in [-0.3, -0.25) is 4.98 Å². The highest BCUT2D eigenvalue weighted by atomic mass is 16.5. The highest BCUT2D eigenvalue weighted by Crippen LogP contribution is 2.28. The first-order chi connectivity index (χ1) is 9.70. The molecular weight excluding hydrogens is 252 g/mol. The second-order valence-corrected chi connectivity index (χ2v) is 4.72. The van der Waals surface area contributed by atoms with Crippen molar-refractivity contribution in [1.29, 1.82) is 0 Å². The van der Waals surface area contributed by atoms with Crippen molar-refractivity contribution in [2.45, 2.75) is 6.10 Å². The van der Waals surface area contributed by atoms with Gasteiger partial charge in [-0.05, 0) is 35.9 Å². The van der Waals surface area contributed by atoms with E-state index in [0.717, 1.165) is 28.0 Å². The lowest BCUT2D eigenvalue weighted by molar-refractivity contribution is 0.211. The Balaban J connectivity index is 2.07. The molecule has 0 aliphatic heterocycles. The third-order valence-electron chi connectivity index (χ3n) is 3.54. The van der Waals surface area contributed by atoms with Crippen molar-refractivity contribution < 1.29 is 9.84 Å². The number of methoxy groups -OCH3 is 1. The van der Waals surface area contributed by atoms with Gasteiger partial charge in [0.2, 0.25) is 0 Å². The van der Waals surface area contributed by atoms with E-state index in [4.69, 9.17) is 4.74 Å². The van der Waals surface area contributed by atoms with E-state index in [1.807, 2.05) is 54.1 Å². The Morgan fingerprint density at radius 3 is 2.80 bits per heavy atom. The van der Waals surface area contributed by atoms with E-state index in [-0.39, 0.29) is 0 Å². The van der Waals surface area contributed by atoms with Crippen LogP contribution in [0.5, 0.6) is 5.75 Å². The Bertz CT molecular complexity index is 749. The Morgan fingerprint density at radius 2 is 2.05 bits per heavy atom. The molecule has 0 spiro atoms. The summed E-state index contributed by atoms with van der Waals surface area (Å²) in [5, 5.41) is 10.6. The van der Waals surface area contributed by atoms with Crippen LogP contribution in [0.1, 0.15) is 17.4 Å². The lowest BCUT2D eigenvalue weighted by atomic mass is 10.1. The SMILES string of the molecule is COc1cccc(C(O)c2cc3ncccc3n2C)c1. The van der Waals surface area contributed by atoms with Crippen molar-refractivity contribution in [3.05, 3.63) is 59.9 Å². The zero-order valence-electron chi connectivity index (χ0n) is 11.4. The average molecular weight is 268 g/mol. The van der Waals surface area contributed by atoms with Gasteiger partial charge in [-0.2, -0.15) is 0 Å². The molecule has 0 aliphatic carbocycles. The summed E-state index contributed by atoms with van der Waals surface area (Å²) in [5.74, 6) is 0.735. The van der Waals surface area contributed by atoms with Crippen LogP contribution in [0.25, 0.3) is 11.0 Å². The normalized spacial score (nSPS) is 12.6. The number of aliphatic hydroxyl groups is 1. The molecule has 2 aromatic heterocycles. The van der Waals surface area contributed by atoms with Crippen LogP contribution >= 0.6 is 0 Å². The number of aryl methyl sites for hydroxylation is 1. The maximum absolute atomic E-state index is 10.6. The quantitative estimate of drug-likeness (QED) is 0.794. The van der Waals surface area contributed by atoms with Gasteiger partial charge in [0, 0.05) is 13.2 Å². The summed E-state index contributed by atoms with van der Waals surface area (Å²) in [6.07, 6.45) is 1.05. The molecule has 1 N–H and O–H groups in total. The number of ether oxygens (including phenoxy) is 1. The summed E-state index contributed by atoms with van der Waals surface area (Å²) in [6, 6.07) is 13.3. The van der Waals surface area contributed by atoms with Crippen LogP contribution in [0.2, 0.25) is 0 Å². The molecule has 0 saturated carbocycles. The molecule has 2 heterocycles. The minimum absolute atomic E-state index is 0.704. The number of aliphatic hydroxyl groups excluding tert-OH is 1. The molecule has 3 rings (SSSR count). The van der Waals surface area contributed by atoms with Crippen LogP contribution in [0, 0.1) is 0 Å². The number of fused-ring (bicyclic) bond motifs is 1. The molecule has 0 bridgehead atoms. The highest BCUT2D eigenvalue weighted by Gasteiger charge is 2.17.